The SMILES string of the molecule is CCOC(=O)C(C)S(=O)c1ccccc1F. The quantitative estimate of drug-likeness (QED) is 0.760. The highest BCUT2D eigenvalue weighted by Crippen LogP contribution is 2.15. The number of ether oxygens (including phenoxy) is 1. The van der Waals surface area contributed by atoms with Crippen LogP contribution in [0.3, 0.4) is 0 Å². The molecule has 0 aliphatic heterocycles. The molecule has 0 bridgehead atoms. The van der Waals surface area contributed by atoms with Crippen LogP contribution in [-0.4, -0.2) is 22.0 Å². The van der Waals surface area contributed by atoms with Gasteiger partial charge >= 0.3 is 5.97 Å². The molecule has 0 saturated heterocycles. The van der Waals surface area contributed by atoms with Gasteiger partial charge in [-0.25, -0.2) is 4.39 Å². The van der Waals surface area contributed by atoms with Gasteiger partial charge < -0.3 is 4.74 Å². The van der Waals surface area contributed by atoms with Gasteiger partial charge in [0.2, 0.25) is 0 Å². The van der Waals surface area contributed by atoms with Crippen LogP contribution in [0, 0.1) is 5.82 Å². The second kappa shape index (κ2) is 5.75. The second-order valence-corrected chi connectivity index (χ2v) is 4.86. The van der Waals surface area contributed by atoms with E-state index in [1.165, 1.54) is 25.1 Å². The minimum atomic E-state index is -1.72. The molecule has 0 spiro atoms. The molecule has 2 atom stereocenters. The van der Waals surface area contributed by atoms with Crippen LogP contribution in [0.1, 0.15) is 13.8 Å². The molecule has 1 rings (SSSR count). The molecule has 0 heterocycles. The van der Waals surface area contributed by atoms with Gasteiger partial charge in [-0.2, -0.15) is 0 Å². The van der Waals surface area contributed by atoms with Crippen LogP contribution in [0.15, 0.2) is 29.2 Å². The van der Waals surface area contributed by atoms with Crippen molar-refractivity contribution in [2.45, 2.75) is 24.0 Å². The van der Waals surface area contributed by atoms with Crippen LogP contribution in [0.25, 0.3) is 0 Å². The van der Waals surface area contributed by atoms with Gasteiger partial charge in [0.25, 0.3) is 0 Å². The molecule has 0 amide bonds. The normalized spacial score (nSPS) is 14.2. The zero-order chi connectivity index (χ0) is 12.1. The van der Waals surface area contributed by atoms with E-state index in [0.29, 0.717) is 0 Å². The number of hydrogen-bond donors (Lipinski definition) is 0. The first-order valence-corrected chi connectivity index (χ1v) is 6.11. The third kappa shape index (κ3) is 2.88. The average Bonchev–Trinajstić information content (AvgIpc) is 2.28. The van der Waals surface area contributed by atoms with Crippen molar-refractivity contribution in [3.8, 4) is 0 Å². The molecule has 88 valence electrons. The van der Waals surface area contributed by atoms with Gasteiger partial charge in [0.15, 0.2) is 0 Å². The fourth-order valence-corrected chi connectivity index (χ4v) is 2.24. The number of carbonyl (C=O) groups excluding carboxylic acids is 1. The minimum Gasteiger partial charge on any atom is -0.465 e. The lowest BCUT2D eigenvalue weighted by Gasteiger charge is -2.10. The van der Waals surface area contributed by atoms with Gasteiger partial charge in [-0.1, -0.05) is 12.1 Å². The van der Waals surface area contributed by atoms with Crippen LogP contribution >= 0.6 is 0 Å². The van der Waals surface area contributed by atoms with Gasteiger partial charge in [0.05, 0.1) is 22.3 Å². The number of esters is 1. The Kier molecular flexibility index (Phi) is 4.61. The molecule has 2 unspecified atom stereocenters. The molecule has 0 N–H and O–H groups in total. The molecule has 0 saturated carbocycles. The maximum Gasteiger partial charge on any atom is 0.321 e. The molecular weight excluding hydrogens is 231 g/mol. The van der Waals surface area contributed by atoms with Gasteiger partial charge in [0.1, 0.15) is 11.1 Å². The molecule has 1 aromatic carbocycles. The van der Waals surface area contributed by atoms with Crippen molar-refractivity contribution in [2.75, 3.05) is 6.61 Å². The summed E-state index contributed by atoms with van der Waals surface area (Å²) in [5, 5.41) is -0.864. The Balaban J connectivity index is 2.86. The summed E-state index contributed by atoms with van der Waals surface area (Å²) in [5.41, 5.74) is 0. The van der Waals surface area contributed by atoms with Gasteiger partial charge in [-0.05, 0) is 26.0 Å². The van der Waals surface area contributed by atoms with Crippen molar-refractivity contribution >= 4 is 16.8 Å². The number of rotatable bonds is 4. The van der Waals surface area contributed by atoms with E-state index in [-0.39, 0.29) is 11.5 Å². The van der Waals surface area contributed by atoms with Crippen molar-refractivity contribution in [1.29, 1.82) is 0 Å². The van der Waals surface area contributed by atoms with E-state index >= 15 is 0 Å². The largest absolute Gasteiger partial charge is 0.465 e. The first-order chi connectivity index (χ1) is 7.57. The molecule has 5 heteroatoms. The lowest BCUT2D eigenvalue weighted by Crippen LogP contribution is -2.25. The summed E-state index contributed by atoms with van der Waals surface area (Å²) >= 11 is 0. The van der Waals surface area contributed by atoms with E-state index < -0.39 is 27.8 Å². The number of halogens is 1. The molecule has 0 aliphatic carbocycles. The maximum atomic E-state index is 13.3. The Bertz CT molecular complexity index is 406. The van der Waals surface area contributed by atoms with E-state index in [1.807, 2.05) is 0 Å². The number of carbonyl (C=O) groups is 1. The first kappa shape index (κ1) is 12.8. The summed E-state index contributed by atoms with van der Waals surface area (Å²) < 4.78 is 29.9. The summed E-state index contributed by atoms with van der Waals surface area (Å²) in [5.74, 6) is -1.15. The highest BCUT2D eigenvalue weighted by Gasteiger charge is 2.24. The van der Waals surface area contributed by atoms with Crippen LogP contribution in [0.5, 0.6) is 0 Å². The Morgan fingerprint density at radius 3 is 2.69 bits per heavy atom. The summed E-state index contributed by atoms with van der Waals surface area (Å²) in [6.45, 7) is 3.34. The predicted molar refractivity (Wildman–Crippen MR) is 58.9 cm³/mol. The lowest BCUT2D eigenvalue weighted by molar-refractivity contribution is -0.142. The van der Waals surface area contributed by atoms with Crippen molar-refractivity contribution in [3.05, 3.63) is 30.1 Å². The molecule has 0 aromatic heterocycles. The molecule has 0 aliphatic rings. The van der Waals surface area contributed by atoms with E-state index in [2.05, 4.69) is 0 Å². The van der Waals surface area contributed by atoms with Crippen molar-refractivity contribution in [3.63, 3.8) is 0 Å². The van der Waals surface area contributed by atoms with Gasteiger partial charge in [-0.3, -0.25) is 9.00 Å². The van der Waals surface area contributed by atoms with Crippen molar-refractivity contribution in [1.82, 2.24) is 0 Å². The van der Waals surface area contributed by atoms with Crippen LogP contribution in [0.4, 0.5) is 4.39 Å². The van der Waals surface area contributed by atoms with Crippen molar-refractivity contribution < 1.29 is 18.1 Å². The summed E-state index contributed by atoms with van der Waals surface area (Å²) in [6.07, 6.45) is 0. The third-order valence-electron chi connectivity index (χ3n) is 1.99. The Labute approximate surface area is 96.1 Å². The summed E-state index contributed by atoms with van der Waals surface area (Å²) in [6, 6.07) is 5.70. The van der Waals surface area contributed by atoms with Crippen LogP contribution in [-0.2, 0) is 20.3 Å². The van der Waals surface area contributed by atoms with E-state index in [0.717, 1.165) is 0 Å². The maximum absolute atomic E-state index is 13.3. The fourth-order valence-electron chi connectivity index (χ4n) is 1.15. The molecule has 0 fully saturated rings. The lowest BCUT2D eigenvalue weighted by atomic mass is 10.3. The van der Waals surface area contributed by atoms with Gasteiger partial charge in [-0.15, -0.1) is 0 Å². The topological polar surface area (TPSA) is 43.4 Å². The van der Waals surface area contributed by atoms with E-state index in [9.17, 15) is 13.4 Å². The standard InChI is InChI=1S/C11H13FO3S/c1-3-15-11(13)8(2)16(14)10-7-5-4-6-9(10)12/h4-8H,3H2,1-2H3. The molecule has 3 nitrogen and oxygen atoms in total. The van der Waals surface area contributed by atoms with Crippen LogP contribution in [0.2, 0.25) is 0 Å². The van der Waals surface area contributed by atoms with Crippen molar-refractivity contribution in [2.24, 2.45) is 0 Å². The Morgan fingerprint density at radius 2 is 2.12 bits per heavy atom. The molecule has 1 aromatic rings. The van der Waals surface area contributed by atoms with E-state index in [4.69, 9.17) is 4.74 Å². The monoisotopic (exact) mass is 244 g/mol. The Morgan fingerprint density at radius 1 is 1.50 bits per heavy atom. The molecule has 0 radical (unpaired) electrons. The minimum absolute atomic E-state index is 0.0306. The second-order valence-electron chi connectivity index (χ2n) is 3.12. The average molecular weight is 244 g/mol. The fraction of sp³-hybridized carbons (Fsp3) is 0.364. The number of benzene rings is 1. The number of hydrogen-bond acceptors (Lipinski definition) is 3. The molecule has 16 heavy (non-hydrogen) atoms. The highest BCUT2D eigenvalue weighted by molar-refractivity contribution is 7.86. The Hall–Kier alpha value is -1.23. The van der Waals surface area contributed by atoms with Crippen LogP contribution < -0.4 is 0 Å². The van der Waals surface area contributed by atoms with Gasteiger partial charge in [0, 0.05) is 0 Å². The zero-order valence-corrected chi connectivity index (χ0v) is 9.92. The van der Waals surface area contributed by atoms with E-state index in [1.54, 1.807) is 13.0 Å². The third-order valence-corrected chi connectivity index (χ3v) is 3.59. The first-order valence-electron chi connectivity index (χ1n) is 4.89. The smallest absolute Gasteiger partial charge is 0.321 e. The predicted octanol–water partition coefficient (Wildman–Crippen LogP) is 1.88. The summed E-state index contributed by atoms with van der Waals surface area (Å²) in [4.78, 5) is 11.4. The highest BCUT2D eigenvalue weighted by atomic mass is 32.2. The summed E-state index contributed by atoms with van der Waals surface area (Å²) in [7, 11) is -1.72. The molecular formula is C11H13FO3S. The zero-order valence-electron chi connectivity index (χ0n) is 9.10.